The van der Waals surface area contributed by atoms with Crippen LogP contribution in [0.4, 0.5) is 13.2 Å². The quantitative estimate of drug-likeness (QED) is 0.765. The Bertz CT molecular complexity index is 837. The summed E-state index contributed by atoms with van der Waals surface area (Å²) in [6.45, 7) is -0.0452. The second kappa shape index (κ2) is 6.48. The third-order valence-corrected chi connectivity index (χ3v) is 3.41. The molecule has 0 unspecified atom stereocenters. The molecule has 124 valence electrons. The van der Waals surface area contributed by atoms with E-state index in [1.54, 1.807) is 24.3 Å². The van der Waals surface area contributed by atoms with Crippen molar-refractivity contribution in [2.24, 2.45) is 0 Å². The minimum atomic E-state index is -4.55. The van der Waals surface area contributed by atoms with Crippen LogP contribution in [0.15, 0.2) is 42.5 Å². The van der Waals surface area contributed by atoms with E-state index in [1.165, 1.54) is 12.1 Å². The Balaban J connectivity index is 1.81. The summed E-state index contributed by atoms with van der Waals surface area (Å²) >= 11 is 5.64. The molecule has 9 heteroatoms. The number of tetrazole rings is 1. The van der Waals surface area contributed by atoms with Gasteiger partial charge in [0.2, 0.25) is 5.82 Å². The van der Waals surface area contributed by atoms with Gasteiger partial charge in [0.1, 0.15) is 12.4 Å². The third kappa shape index (κ3) is 3.65. The van der Waals surface area contributed by atoms with Crippen LogP contribution in [-0.2, 0) is 12.8 Å². The molecule has 0 bridgehead atoms. The smallest absolute Gasteiger partial charge is 0.420 e. The summed E-state index contributed by atoms with van der Waals surface area (Å²) < 4.78 is 44.4. The van der Waals surface area contributed by atoms with Gasteiger partial charge in [0.25, 0.3) is 0 Å². The summed E-state index contributed by atoms with van der Waals surface area (Å²) in [5.74, 6) is 0.108. The summed E-state index contributed by atoms with van der Waals surface area (Å²) in [6.07, 6.45) is -4.55. The van der Waals surface area contributed by atoms with Crippen molar-refractivity contribution < 1.29 is 17.9 Å². The Labute approximate surface area is 139 Å². The van der Waals surface area contributed by atoms with Crippen molar-refractivity contribution in [2.75, 3.05) is 0 Å². The second-order valence-electron chi connectivity index (χ2n) is 4.86. The van der Waals surface area contributed by atoms with Crippen molar-refractivity contribution in [1.29, 1.82) is 0 Å². The zero-order valence-corrected chi connectivity index (χ0v) is 12.8. The maximum atomic E-state index is 13.0. The highest BCUT2D eigenvalue weighted by Crippen LogP contribution is 2.38. The predicted molar refractivity (Wildman–Crippen MR) is 80.4 cm³/mol. The van der Waals surface area contributed by atoms with E-state index in [1.807, 2.05) is 0 Å². The molecular formula is C15H10ClF3N4O. The Hall–Kier alpha value is -2.61. The number of aromatic nitrogens is 4. The molecule has 0 atom stereocenters. The molecule has 0 aliphatic rings. The molecule has 0 spiro atoms. The number of halogens is 4. The molecular weight excluding hydrogens is 345 g/mol. The Morgan fingerprint density at radius 3 is 2.67 bits per heavy atom. The average molecular weight is 355 g/mol. The van der Waals surface area contributed by atoms with Crippen molar-refractivity contribution >= 4 is 11.6 Å². The van der Waals surface area contributed by atoms with Crippen LogP contribution < -0.4 is 4.74 Å². The van der Waals surface area contributed by atoms with E-state index >= 15 is 0 Å². The molecule has 0 fully saturated rings. The van der Waals surface area contributed by atoms with Crippen LogP contribution in [0.2, 0.25) is 5.02 Å². The molecule has 5 nitrogen and oxygen atoms in total. The highest BCUT2D eigenvalue weighted by Gasteiger charge is 2.34. The van der Waals surface area contributed by atoms with Crippen molar-refractivity contribution in [3.63, 3.8) is 0 Å². The molecule has 0 aliphatic heterocycles. The lowest BCUT2D eigenvalue weighted by molar-refractivity contribution is -0.139. The van der Waals surface area contributed by atoms with Crippen molar-refractivity contribution in [3.05, 3.63) is 58.6 Å². The van der Waals surface area contributed by atoms with E-state index in [2.05, 4.69) is 20.6 Å². The fourth-order valence-corrected chi connectivity index (χ4v) is 2.27. The number of hydrogen-bond acceptors (Lipinski definition) is 4. The average Bonchev–Trinajstić information content (AvgIpc) is 3.07. The zero-order chi connectivity index (χ0) is 17.2. The molecule has 3 rings (SSSR count). The number of benzene rings is 2. The maximum Gasteiger partial charge on any atom is 0.420 e. The fraction of sp³-hybridized carbons (Fsp3) is 0.133. The summed E-state index contributed by atoms with van der Waals surface area (Å²) in [5.41, 5.74) is 0.432. The molecule has 3 aromatic rings. The first-order chi connectivity index (χ1) is 11.4. The van der Waals surface area contributed by atoms with Crippen molar-refractivity contribution in [2.45, 2.75) is 12.8 Å². The lowest BCUT2D eigenvalue weighted by Crippen LogP contribution is -2.08. The molecule has 0 saturated heterocycles. The van der Waals surface area contributed by atoms with Gasteiger partial charge in [0.15, 0.2) is 0 Å². The molecule has 0 radical (unpaired) electrons. The molecule has 1 heterocycles. The number of alkyl halides is 3. The van der Waals surface area contributed by atoms with E-state index in [0.29, 0.717) is 17.0 Å². The third-order valence-electron chi connectivity index (χ3n) is 3.17. The van der Waals surface area contributed by atoms with Gasteiger partial charge >= 0.3 is 6.18 Å². The zero-order valence-electron chi connectivity index (χ0n) is 12.0. The Kier molecular flexibility index (Phi) is 4.39. The van der Waals surface area contributed by atoms with Gasteiger partial charge < -0.3 is 4.74 Å². The van der Waals surface area contributed by atoms with Crippen LogP contribution in [0.1, 0.15) is 11.1 Å². The molecule has 2 aromatic carbocycles. The van der Waals surface area contributed by atoms with E-state index in [4.69, 9.17) is 16.3 Å². The highest BCUT2D eigenvalue weighted by atomic mass is 35.5. The molecule has 1 N–H and O–H groups in total. The highest BCUT2D eigenvalue weighted by molar-refractivity contribution is 6.30. The topological polar surface area (TPSA) is 63.7 Å². The Morgan fingerprint density at radius 2 is 1.96 bits per heavy atom. The van der Waals surface area contributed by atoms with Gasteiger partial charge in [0.05, 0.1) is 5.56 Å². The number of nitrogens with zero attached hydrogens (tertiary/aromatic N) is 3. The van der Waals surface area contributed by atoms with Crippen LogP contribution in [0.3, 0.4) is 0 Å². The number of nitrogens with one attached hydrogen (secondary N) is 1. The first-order valence-corrected chi connectivity index (χ1v) is 7.13. The number of H-pyrrole nitrogens is 1. The van der Waals surface area contributed by atoms with Crippen molar-refractivity contribution in [3.8, 4) is 17.1 Å². The van der Waals surface area contributed by atoms with Crippen LogP contribution in [-0.4, -0.2) is 20.6 Å². The normalized spacial score (nSPS) is 11.5. The molecule has 1 aromatic heterocycles. The first-order valence-electron chi connectivity index (χ1n) is 6.76. The summed E-state index contributed by atoms with van der Waals surface area (Å²) in [6, 6.07) is 10.3. The van der Waals surface area contributed by atoms with Gasteiger partial charge in [-0.3, -0.25) is 0 Å². The van der Waals surface area contributed by atoms with Crippen LogP contribution in [0.25, 0.3) is 11.4 Å². The molecule has 0 aliphatic carbocycles. The fourth-order valence-electron chi connectivity index (χ4n) is 2.09. The molecule has 0 saturated carbocycles. The van der Waals surface area contributed by atoms with Crippen molar-refractivity contribution in [1.82, 2.24) is 20.6 Å². The first kappa shape index (κ1) is 16.3. The summed E-state index contributed by atoms with van der Waals surface area (Å²) in [4.78, 5) is 0. The molecule has 0 amide bonds. The van der Waals surface area contributed by atoms with E-state index in [0.717, 1.165) is 6.07 Å². The lowest BCUT2D eigenvalue weighted by Gasteiger charge is -2.14. The minimum Gasteiger partial charge on any atom is -0.488 e. The van der Waals surface area contributed by atoms with E-state index < -0.39 is 11.7 Å². The second-order valence-corrected chi connectivity index (χ2v) is 5.30. The number of aromatic amines is 1. The van der Waals surface area contributed by atoms with E-state index in [9.17, 15) is 13.2 Å². The maximum absolute atomic E-state index is 13.0. The van der Waals surface area contributed by atoms with Gasteiger partial charge in [-0.1, -0.05) is 29.8 Å². The largest absolute Gasteiger partial charge is 0.488 e. The molecule has 24 heavy (non-hydrogen) atoms. The van der Waals surface area contributed by atoms with Crippen LogP contribution in [0, 0.1) is 0 Å². The predicted octanol–water partition coefficient (Wildman–Crippen LogP) is 4.12. The Morgan fingerprint density at radius 1 is 1.12 bits per heavy atom. The SMILES string of the molecule is FC(F)(F)c1cc(Cl)ccc1OCc1cccc(-c2nn[nH]n2)c1. The number of ether oxygens (including phenoxy) is 1. The number of hydrogen-bond donors (Lipinski definition) is 1. The monoisotopic (exact) mass is 354 g/mol. The van der Waals surface area contributed by atoms with Gasteiger partial charge in [-0.2, -0.15) is 18.4 Å². The summed E-state index contributed by atoms with van der Waals surface area (Å²) in [5, 5.41) is 13.5. The number of rotatable bonds is 4. The van der Waals surface area contributed by atoms with Gasteiger partial charge in [-0.25, -0.2) is 0 Å². The van der Waals surface area contributed by atoms with Gasteiger partial charge in [0, 0.05) is 10.6 Å². The standard InChI is InChI=1S/C15H10ClF3N4O/c16-11-4-5-13(12(7-11)15(17,18)19)24-8-9-2-1-3-10(6-9)14-20-22-23-21-14/h1-7H,8H2,(H,20,21,22,23). The van der Waals surface area contributed by atoms with Gasteiger partial charge in [-0.05, 0) is 35.0 Å². The van der Waals surface area contributed by atoms with E-state index in [-0.39, 0.29) is 17.4 Å². The van der Waals surface area contributed by atoms with Crippen LogP contribution in [0.5, 0.6) is 5.75 Å². The lowest BCUT2D eigenvalue weighted by atomic mass is 10.1. The van der Waals surface area contributed by atoms with Crippen LogP contribution >= 0.6 is 11.6 Å². The van der Waals surface area contributed by atoms with Gasteiger partial charge in [-0.15, -0.1) is 10.2 Å². The minimum absolute atomic E-state index is 0.00576. The summed E-state index contributed by atoms with van der Waals surface area (Å²) in [7, 11) is 0.